The van der Waals surface area contributed by atoms with Crippen LogP contribution in [0.4, 0.5) is 0 Å². The largest absolute Gasteiger partial charge is 0.456 e. The number of thiophene rings is 1. The van der Waals surface area contributed by atoms with Gasteiger partial charge in [0.1, 0.15) is 11.2 Å². The highest BCUT2D eigenvalue weighted by Gasteiger charge is 2.18. The highest BCUT2D eigenvalue weighted by Crippen LogP contribution is 2.44. The number of furan rings is 1. The van der Waals surface area contributed by atoms with Crippen molar-refractivity contribution in [3.05, 3.63) is 188 Å². The van der Waals surface area contributed by atoms with E-state index in [-0.39, 0.29) is 0 Å². The summed E-state index contributed by atoms with van der Waals surface area (Å²) in [4.78, 5) is 15.6. The summed E-state index contributed by atoms with van der Waals surface area (Å²) in [5.74, 6) is 0.650. The Labute approximate surface area is 337 Å². The van der Waals surface area contributed by atoms with E-state index in [2.05, 4.69) is 152 Å². The van der Waals surface area contributed by atoms with Gasteiger partial charge in [-0.15, -0.1) is 11.3 Å². The lowest BCUT2D eigenvalue weighted by atomic mass is 9.94. The molecule has 5 heteroatoms. The van der Waals surface area contributed by atoms with Crippen molar-refractivity contribution in [1.82, 2.24) is 15.0 Å². The molecule has 0 saturated carbocycles. The minimum Gasteiger partial charge on any atom is -0.456 e. The molecule has 58 heavy (non-hydrogen) atoms. The molecule has 0 fully saturated rings. The van der Waals surface area contributed by atoms with Gasteiger partial charge in [0.2, 0.25) is 0 Å². The first kappa shape index (κ1) is 32.7. The van der Waals surface area contributed by atoms with Crippen molar-refractivity contribution >= 4 is 75.1 Å². The second-order valence-corrected chi connectivity index (χ2v) is 15.8. The van der Waals surface area contributed by atoms with Crippen molar-refractivity contribution in [1.29, 1.82) is 0 Å². The number of nitrogens with zero attached hydrogens (tertiary/aromatic N) is 3. The molecule has 270 valence electrons. The molecule has 12 aromatic rings. The van der Waals surface area contributed by atoms with Gasteiger partial charge in [0.05, 0.1) is 22.6 Å². The third-order valence-corrected chi connectivity index (χ3v) is 12.4. The topological polar surface area (TPSA) is 51.8 Å². The zero-order valence-corrected chi connectivity index (χ0v) is 31.9. The van der Waals surface area contributed by atoms with E-state index >= 15 is 0 Å². The molecule has 4 aromatic heterocycles. The average Bonchev–Trinajstić information content (AvgIpc) is 3.87. The van der Waals surface area contributed by atoms with E-state index in [0.29, 0.717) is 5.82 Å². The van der Waals surface area contributed by atoms with E-state index in [0.717, 1.165) is 83.3 Å². The van der Waals surface area contributed by atoms with Crippen LogP contribution in [0, 0.1) is 0 Å². The third-order valence-electron chi connectivity index (χ3n) is 11.3. The summed E-state index contributed by atoms with van der Waals surface area (Å²) in [6.45, 7) is 0. The molecule has 0 spiro atoms. The Kier molecular flexibility index (Phi) is 7.37. The molecule has 0 aliphatic carbocycles. The van der Waals surface area contributed by atoms with Crippen LogP contribution in [0.15, 0.2) is 192 Å². The third kappa shape index (κ3) is 5.32. The number of hydrogen-bond donors (Lipinski definition) is 0. The van der Waals surface area contributed by atoms with E-state index in [4.69, 9.17) is 19.4 Å². The van der Waals surface area contributed by atoms with Gasteiger partial charge in [0.15, 0.2) is 5.82 Å². The van der Waals surface area contributed by atoms with E-state index in [1.165, 1.54) is 30.9 Å². The van der Waals surface area contributed by atoms with Crippen molar-refractivity contribution in [2.24, 2.45) is 0 Å². The molecule has 12 rings (SSSR count). The SMILES string of the molecule is c1ccc(-c2cc(-c3ccc(-c4ccc5c(c4)nc(-c4ccccc4)c4ccc6sc7ccccc7c6c45)cc3)nc(-c3ccc4c(c3)oc3ccccc34)n2)cc1. The molecular formula is C53H31N3OS. The number of rotatable bonds is 5. The molecule has 0 unspecified atom stereocenters. The average molecular weight is 758 g/mol. The molecule has 0 saturated heterocycles. The summed E-state index contributed by atoms with van der Waals surface area (Å²) in [7, 11) is 0. The van der Waals surface area contributed by atoms with Crippen LogP contribution in [-0.2, 0) is 0 Å². The number of pyridine rings is 1. The fraction of sp³-hybridized carbons (Fsp3) is 0. The lowest BCUT2D eigenvalue weighted by Crippen LogP contribution is -1.96. The Hall–Kier alpha value is -7.47. The lowest BCUT2D eigenvalue weighted by molar-refractivity contribution is 0.669. The monoisotopic (exact) mass is 757 g/mol. The summed E-state index contributed by atoms with van der Waals surface area (Å²) in [6.07, 6.45) is 0. The van der Waals surface area contributed by atoms with Gasteiger partial charge >= 0.3 is 0 Å². The highest BCUT2D eigenvalue weighted by atomic mass is 32.1. The molecule has 0 aliphatic rings. The molecular weight excluding hydrogens is 727 g/mol. The van der Waals surface area contributed by atoms with Gasteiger partial charge in [-0.3, -0.25) is 0 Å². The summed E-state index contributed by atoms with van der Waals surface area (Å²) in [5, 5.41) is 8.36. The lowest BCUT2D eigenvalue weighted by Gasteiger charge is -2.13. The molecule has 0 radical (unpaired) electrons. The van der Waals surface area contributed by atoms with E-state index in [1.807, 2.05) is 47.7 Å². The van der Waals surface area contributed by atoms with Gasteiger partial charge < -0.3 is 4.42 Å². The standard InChI is InChI=1S/C53H31N3OS/c1-3-11-33(12-4-1)43-31-44(56-53(55-43)37-24-25-39-38-15-7-9-17-46(38)57-47(39)30-37)34-21-19-32(20-22-34)36-23-26-40-45(29-36)54-52(35-13-5-2-6-14-35)42-27-28-49-51(50(40)42)41-16-8-10-18-48(41)58-49/h1-31H. The molecule has 4 nitrogen and oxygen atoms in total. The van der Waals surface area contributed by atoms with Crippen molar-refractivity contribution in [3.8, 4) is 56.3 Å². The van der Waals surface area contributed by atoms with Crippen molar-refractivity contribution in [2.75, 3.05) is 0 Å². The molecule has 0 amide bonds. The van der Waals surface area contributed by atoms with Gasteiger partial charge in [0.25, 0.3) is 0 Å². The predicted molar refractivity (Wildman–Crippen MR) is 242 cm³/mol. The fourth-order valence-corrected chi connectivity index (χ4v) is 9.60. The number of benzene rings is 8. The maximum absolute atomic E-state index is 6.25. The second kappa shape index (κ2) is 13.1. The summed E-state index contributed by atoms with van der Waals surface area (Å²) in [5.41, 5.74) is 11.7. The fourth-order valence-electron chi connectivity index (χ4n) is 8.49. The Morgan fingerprint density at radius 2 is 0.948 bits per heavy atom. The minimum atomic E-state index is 0.650. The molecule has 0 aliphatic heterocycles. The van der Waals surface area contributed by atoms with Crippen molar-refractivity contribution in [3.63, 3.8) is 0 Å². The van der Waals surface area contributed by atoms with Crippen molar-refractivity contribution < 1.29 is 4.42 Å². The van der Waals surface area contributed by atoms with Crippen LogP contribution in [0.3, 0.4) is 0 Å². The van der Waals surface area contributed by atoms with Crippen LogP contribution in [0.5, 0.6) is 0 Å². The number of aromatic nitrogens is 3. The quantitative estimate of drug-likeness (QED) is 0.164. The normalized spacial score (nSPS) is 11.8. The number of hydrogen-bond acceptors (Lipinski definition) is 5. The molecule has 8 aromatic carbocycles. The Balaban J connectivity index is 0.981. The Morgan fingerprint density at radius 1 is 0.345 bits per heavy atom. The summed E-state index contributed by atoms with van der Waals surface area (Å²) >= 11 is 1.85. The zero-order valence-electron chi connectivity index (χ0n) is 31.1. The van der Waals surface area contributed by atoms with E-state index in [1.54, 1.807) is 0 Å². The number of fused-ring (bicyclic) bond motifs is 10. The molecule has 0 N–H and O–H groups in total. The zero-order chi connectivity index (χ0) is 38.2. The summed E-state index contributed by atoms with van der Waals surface area (Å²) in [6, 6.07) is 66.0. The maximum Gasteiger partial charge on any atom is 0.160 e. The van der Waals surface area contributed by atoms with Crippen LogP contribution >= 0.6 is 11.3 Å². The van der Waals surface area contributed by atoms with Gasteiger partial charge in [0, 0.05) is 69.4 Å². The Morgan fingerprint density at radius 3 is 1.76 bits per heavy atom. The van der Waals surface area contributed by atoms with Crippen LogP contribution in [-0.4, -0.2) is 15.0 Å². The van der Waals surface area contributed by atoms with Crippen LogP contribution in [0.2, 0.25) is 0 Å². The molecule has 0 bridgehead atoms. The first-order valence-electron chi connectivity index (χ1n) is 19.4. The second-order valence-electron chi connectivity index (χ2n) is 14.7. The van der Waals surface area contributed by atoms with E-state index in [9.17, 15) is 0 Å². The van der Waals surface area contributed by atoms with Crippen LogP contribution in [0.25, 0.3) is 120 Å². The van der Waals surface area contributed by atoms with Crippen LogP contribution in [0.1, 0.15) is 0 Å². The predicted octanol–water partition coefficient (Wildman–Crippen LogP) is 14.8. The van der Waals surface area contributed by atoms with Gasteiger partial charge in [-0.25, -0.2) is 15.0 Å². The number of para-hydroxylation sites is 1. The van der Waals surface area contributed by atoms with E-state index < -0.39 is 0 Å². The smallest absolute Gasteiger partial charge is 0.160 e. The molecule has 0 atom stereocenters. The van der Waals surface area contributed by atoms with Gasteiger partial charge in [-0.05, 0) is 53.6 Å². The van der Waals surface area contributed by atoms with Crippen molar-refractivity contribution in [2.45, 2.75) is 0 Å². The summed E-state index contributed by atoms with van der Waals surface area (Å²) < 4.78 is 8.84. The van der Waals surface area contributed by atoms with Crippen LogP contribution < -0.4 is 0 Å². The highest BCUT2D eigenvalue weighted by molar-refractivity contribution is 7.26. The molecule has 4 heterocycles. The van der Waals surface area contributed by atoms with Gasteiger partial charge in [-0.1, -0.05) is 146 Å². The Bertz CT molecular complexity index is 3550. The maximum atomic E-state index is 6.25. The minimum absolute atomic E-state index is 0.650. The van der Waals surface area contributed by atoms with Gasteiger partial charge in [-0.2, -0.15) is 0 Å². The first-order chi connectivity index (χ1) is 28.7. The first-order valence-corrected chi connectivity index (χ1v) is 20.2.